The van der Waals surface area contributed by atoms with Crippen LogP contribution in [0.25, 0.3) is 0 Å². The Balaban J connectivity index is 3.17. The van der Waals surface area contributed by atoms with Gasteiger partial charge in [-0.25, -0.2) is 0 Å². The summed E-state index contributed by atoms with van der Waals surface area (Å²) in [5.41, 5.74) is -1.52. The molecule has 85 valence electrons. The first kappa shape index (κ1) is 11.8. The van der Waals surface area contributed by atoms with Gasteiger partial charge in [-0.05, 0) is 27.7 Å². The van der Waals surface area contributed by atoms with Gasteiger partial charge in [0.15, 0.2) is 5.54 Å². The lowest BCUT2D eigenvalue weighted by Crippen LogP contribution is -2.53. The standard InChI is InChI=1S/C10H17N2O3/c1-9(2)10(3,4)12(14)8(11(9)13)6-7-15-5/h6-7H,1-5H3/b7-6-. The van der Waals surface area contributed by atoms with E-state index >= 15 is 0 Å². The Hall–Kier alpha value is -1.23. The van der Waals surface area contributed by atoms with Gasteiger partial charge in [0.25, 0.3) is 0 Å². The van der Waals surface area contributed by atoms with Crippen LogP contribution < -0.4 is 0 Å². The molecule has 0 atom stereocenters. The zero-order chi connectivity index (χ0) is 11.9. The molecule has 0 saturated carbocycles. The first-order valence-corrected chi connectivity index (χ1v) is 4.78. The number of nitrogens with zero attached hydrogens (tertiary/aromatic N) is 2. The smallest absolute Gasteiger partial charge is 0.312 e. The van der Waals surface area contributed by atoms with Gasteiger partial charge in [0, 0.05) is 5.21 Å². The number of amidine groups is 1. The molecule has 0 spiro atoms. The minimum absolute atomic E-state index is 0.0758. The summed E-state index contributed by atoms with van der Waals surface area (Å²) in [4.78, 5) is 0. The highest BCUT2D eigenvalue weighted by Gasteiger charge is 2.58. The summed E-state index contributed by atoms with van der Waals surface area (Å²) in [6.45, 7) is 6.99. The Bertz CT molecular complexity index is 319. The summed E-state index contributed by atoms with van der Waals surface area (Å²) in [5, 5.41) is 24.5. The highest BCUT2D eigenvalue weighted by molar-refractivity contribution is 5.89. The molecule has 0 aromatic rings. The molecule has 0 saturated heterocycles. The van der Waals surface area contributed by atoms with Crippen LogP contribution in [0.5, 0.6) is 0 Å². The number of hydrogen-bond donors (Lipinski definition) is 0. The minimum atomic E-state index is -0.762. The Morgan fingerprint density at radius 2 is 1.93 bits per heavy atom. The molecule has 0 aromatic heterocycles. The van der Waals surface area contributed by atoms with Crippen LogP contribution >= 0.6 is 0 Å². The van der Waals surface area contributed by atoms with Gasteiger partial charge in [0.05, 0.1) is 19.4 Å². The molecule has 15 heavy (non-hydrogen) atoms. The van der Waals surface area contributed by atoms with E-state index < -0.39 is 11.1 Å². The molecule has 1 heterocycles. The third-order valence-corrected chi connectivity index (χ3v) is 3.28. The molecule has 1 radical (unpaired) electrons. The number of hydrogen-bond acceptors (Lipinski definition) is 3. The van der Waals surface area contributed by atoms with Crippen LogP contribution in [0.1, 0.15) is 27.7 Å². The molecule has 0 bridgehead atoms. The van der Waals surface area contributed by atoms with Crippen molar-refractivity contribution < 1.29 is 14.7 Å². The van der Waals surface area contributed by atoms with Gasteiger partial charge in [-0.2, -0.15) is 0 Å². The van der Waals surface area contributed by atoms with E-state index in [1.807, 2.05) is 0 Å². The zero-order valence-electron chi connectivity index (χ0n) is 9.77. The minimum Gasteiger partial charge on any atom is -0.714 e. The number of rotatable bonds is 2. The second-order valence-corrected chi connectivity index (χ2v) is 4.60. The SMILES string of the molecule is CO/C=C\C1=[N+]([O-])C(C)(C)C(C)(C)N1[O]. The van der Waals surface area contributed by atoms with Crippen molar-refractivity contribution in [1.82, 2.24) is 5.06 Å². The molecule has 1 aliphatic rings. The van der Waals surface area contributed by atoms with Gasteiger partial charge in [0.1, 0.15) is 5.54 Å². The van der Waals surface area contributed by atoms with Crippen molar-refractivity contribution in [3.05, 3.63) is 17.5 Å². The lowest BCUT2D eigenvalue weighted by molar-refractivity contribution is -0.539. The molecule has 0 aromatic carbocycles. The number of methoxy groups -OCH3 is 1. The molecule has 1 aliphatic heterocycles. The Labute approximate surface area is 89.8 Å². The zero-order valence-corrected chi connectivity index (χ0v) is 9.77. The third kappa shape index (κ3) is 1.47. The summed E-state index contributed by atoms with van der Waals surface area (Å²) in [5.74, 6) is 0.0758. The van der Waals surface area contributed by atoms with Crippen molar-refractivity contribution >= 4 is 5.84 Å². The Morgan fingerprint density at radius 1 is 1.40 bits per heavy atom. The number of hydroxylamine groups is 3. The Kier molecular flexibility index (Phi) is 2.69. The monoisotopic (exact) mass is 213 g/mol. The van der Waals surface area contributed by atoms with Crippen molar-refractivity contribution in [1.29, 1.82) is 0 Å². The van der Waals surface area contributed by atoms with Crippen LogP contribution in [0, 0.1) is 5.21 Å². The van der Waals surface area contributed by atoms with E-state index in [1.54, 1.807) is 27.7 Å². The Morgan fingerprint density at radius 3 is 2.27 bits per heavy atom. The van der Waals surface area contributed by atoms with E-state index in [2.05, 4.69) is 0 Å². The van der Waals surface area contributed by atoms with E-state index in [4.69, 9.17) is 4.74 Å². The van der Waals surface area contributed by atoms with Crippen molar-refractivity contribution in [2.75, 3.05) is 7.11 Å². The molecule has 0 aliphatic carbocycles. The fourth-order valence-corrected chi connectivity index (χ4v) is 1.42. The molecular formula is C10H17N2O3. The van der Waals surface area contributed by atoms with Crippen LogP contribution in [0.3, 0.4) is 0 Å². The largest absolute Gasteiger partial charge is 0.714 e. The van der Waals surface area contributed by atoms with E-state index in [-0.39, 0.29) is 5.84 Å². The predicted molar refractivity (Wildman–Crippen MR) is 55.5 cm³/mol. The van der Waals surface area contributed by atoms with Crippen LogP contribution in [-0.2, 0) is 9.94 Å². The van der Waals surface area contributed by atoms with Crippen LogP contribution in [-0.4, -0.2) is 33.8 Å². The van der Waals surface area contributed by atoms with Crippen molar-refractivity contribution in [3.63, 3.8) is 0 Å². The lowest BCUT2D eigenvalue weighted by Gasteiger charge is -2.32. The molecule has 0 amide bonds. The van der Waals surface area contributed by atoms with Crippen molar-refractivity contribution in [2.24, 2.45) is 0 Å². The number of ether oxygens (including phenoxy) is 1. The average Bonchev–Trinajstić information content (AvgIpc) is 2.26. The highest BCUT2D eigenvalue weighted by atomic mass is 16.5. The second kappa shape index (κ2) is 3.41. The van der Waals surface area contributed by atoms with Gasteiger partial charge < -0.3 is 9.94 Å². The van der Waals surface area contributed by atoms with E-state index in [1.165, 1.54) is 19.4 Å². The van der Waals surface area contributed by atoms with Crippen LogP contribution in [0.15, 0.2) is 12.3 Å². The van der Waals surface area contributed by atoms with Crippen LogP contribution in [0.2, 0.25) is 0 Å². The maximum atomic E-state index is 11.9. The quantitative estimate of drug-likeness (QED) is 0.394. The predicted octanol–water partition coefficient (Wildman–Crippen LogP) is 1.27. The first-order valence-electron chi connectivity index (χ1n) is 4.78. The van der Waals surface area contributed by atoms with Gasteiger partial charge in [-0.15, -0.1) is 0 Å². The van der Waals surface area contributed by atoms with Gasteiger partial charge in [-0.3, -0.25) is 4.74 Å². The van der Waals surface area contributed by atoms with Gasteiger partial charge in [0.2, 0.25) is 0 Å². The van der Waals surface area contributed by atoms with E-state index in [9.17, 15) is 10.4 Å². The molecule has 0 unspecified atom stereocenters. The molecule has 5 heteroatoms. The van der Waals surface area contributed by atoms with Crippen molar-refractivity contribution in [2.45, 2.75) is 38.8 Å². The summed E-state index contributed by atoms with van der Waals surface area (Å²) in [6.07, 6.45) is 2.71. The molecule has 1 rings (SSSR count). The van der Waals surface area contributed by atoms with E-state index in [0.717, 1.165) is 9.80 Å². The molecular weight excluding hydrogens is 196 g/mol. The summed E-state index contributed by atoms with van der Waals surface area (Å²) < 4.78 is 5.44. The highest BCUT2D eigenvalue weighted by Crippen LogP contribution is 2.35. The summed E-state index contributed by atoms with van der Waals surface area (Å²) in [6, 6.07) is 0. The van der Waals surface area contributed by atoms with E-state index in [0.29, 0.717) is 0 Å². The van der Waals surface area contributed by atoms with Crippen molar-refractivity contribution in [3.8, 4) is 0 Å². The summed E-state index contributed by atoms with van der Waals surface area (Å²) >= 11 is 0. The maximum Gasteiger partial charge on any atom is 0.312 e. The average molecular weight is 213 g/mol. The second-order valence-electron chi connectivity index (χ2n) is 4.60. The normalized spacial score (nSPS) is 24.0. The fraction of sp³-hybridized carbons (Fsp3) is 0.700. The molecule has 0 N–H and O–H groups in total. The first-order chi connectivity index (χ1) is 6.76. The molecule has 5 nitrogen and oxygen atoms in total. The maximum absolute atomic E-state index is 11.9. The lowest BCUT2D eigenvalue weighted by atomic mass is 9.84. The summed E-state index contributed by atoms with van der Waals surface area (Å²) in [7, 11) is 1.46. The molecule has 0 fully saturated rings. The van der Waals surface area contributed by atoms with Gasteiger partial charge in [-0.1, -0.05) is 5.06 Å². The van der Waals surface area contributed by atoms with Gasteiger partial charge >= 0.3 is 5.84 Å². The fourth-order valence-electron chi connectivity index (χ4n) is 1.42. The topological polar surface area (TPSA) is 58.4 Å². The third-order valence-electron chi connectivity index (χ3n) is 3.28. The van der Waals surface area contributed by atoms with Crippen LogP contribution in [0.4, 0.5) is 0 Å².